The number of carbonyl (C=O) groups is 1. The predicted octanol–water partition coefficient (Wildman–Crippen LogP) is 2.60. The molecule has 0 aliphatic carbocycles. The number of hydrogen-bond acceptors (Lipinski definition) is 3. The van der Waals surface area contributed by atoms with E-state index in [1.54, 1.807) is 0 Å². The molecule has 4 heteroatoms. The van der Waals surface area contributed by atoms with Crippen LogP contribution in [0.25, 0.3) is 0 Å². The monoisotopic (exact) mass is 250 g/mol. The van der Waals surface area contributed by atoms with Gasteiger partial charge in [-0.05, 0) is 42.6 Å². The molecule has 0 bridgehead atoms. The van der Waals surface area contributed by atoms with Crippen LogP contribution in [0.2, 0.25) is 0 Å². The van der Waals surface area contributed by atoms with Gasteiger partial charge in [-0.1, -0.05) is 6.92 Å². The lowest BCUT2D eigenvalue weighted by molar-refractivity contribution is -0.114. The average molecular weight is 250 g/mol. The largest absolute Gasteiger partial charge is 0.326 e. The highest BCUT2D eigenvalue weighted by atomic mass is 32.1. The summed E-state index contributed by atoms with van der Waals surface area (Å²) in [4.78, 5) is 12.0. The summed E-state index contributed by atoms with van der Waals surface area (Å²) < 4.78 is 0. The van der Waals surface area contributed by atoms with Crippen LogP contribution in [0.15, 0.2) is 23.1 Å². The summed E-state index contributed by atoms with van der Waals surface area (Å²) in [6.45, 7) is 4.80. The fraction of sp³-hybridized carbons (Fsp3) is 0.462. The van der Waals surface area contributed by atoms with E-state index in [1.165, 1.54) is 18.9 Å². The molecule has 92 valence electrons. The van der Waals surface area contributed by atoms with Gasteiger partial charge in [0.1, 0.15) is 0 Å². The quantitative estimate of drug-likeness (QED) is 0.706. The maximum Gasteiger partial charge on any atom is 0.221 e. The van der Waals surface area contributed by atoms with Crippen LogP contribution in [-0.2, 0) is 4.79 Å². The zero-order valence-electron chi connectivity index (χ0n) is 10.2. The van der Waals surface area contributed by atoms with E-state index in [2.05, 4.69) is 30.2 Å². The van der Waals surface area contributed by atoms with Gasteiger partial charge in [-0.3, -0.25) is 4.79 Å². The van der Waals surface area contributed by atoms with Crippen LogP contribution < -0.4 is 10.6 Å². The minimum atomic E-state index is -0.0460. The minimum absolute atomic E-state index is 0.0460. The van der Waals surface area contributed by atoms with E-state index in [0.717, 1.165) is 17.1 Å². The first-order valence-corrected chi connectivity index (χ1v) is 6.36. The van der Waals surface area contributed by atoms with Gasteiger partial charge in [-0.15, -0.1) is 12.6 Å². The number of benzene rings is 1. The van der Waals surface area contributed by atoms with Crippen LogP contribution in [0.1, 0.15) is 31.9 Å². The van der Waals surface area contributed by atoms with E-state index in [1.807, 2.05) is 18.2 Å². The van der Waals surface area contributed by atoms with Gasteiger partial charge in [0, 0.05) is 23.5 Å². The van der Waals surface area contributed by atoms with E-state index in [4.69, 9.17) is 0 Å². The summed E-state index contributed by atoms with van der Waals surface area (Å²) in [6.07, 6.45) is 1.18. The number of thiol groups is 1. The summed E-state index contributed by atoms with van der Waals surface area (Å²) in [5.74, 6) is 0.559. The SMILES string of the molecule is CC(=O)Nc1ccc(S)c([C@H]2NCC[C@@H]2C)c1. The molecule has 1 heterocycles. The molecule has 2 atom stereocenters. The van der Waals surface area contributed by atoms with Crippen molar-refractivity contribution in [3.63, 3.8) is 0 Å². The fourth-order valence-corrected chi connectivity index (χ4v) is 2.61. The van der Waals surface area contributed by atoms with Crippen molar-refractivity contribution in [2.75, 3.05) is 11.9 Å². The number of rotatable bonds is 2. The van der Waals surface area contributed by atoms with Gasteiger partial charge in [-0.2, -0.15) is 0 Å². The van der Waals surface area contributed by atoms with Crippen LogP contribution in [-0.4, -0.2) is 12.5 Å². The Balaban J connectivity index is 2.28. The van der Waals surface area contributed by atoms with E-state index in [0.29, 0.717) is 12.0 Å². The molecule has 1 aliphatic rings. The molecule has 0 saturated carbocycles. The highest BCUT2D eigenvalue weighted by Crippen LogP contribution is 2.34. The second kappa shape index (κ2) is 5.10. The van der Waals surface area contributed by atoms with Crippen LogP contribution in [0, 0.1) is 5.92 Å². The molecule has 1 amide bonds. The highest BCUT2D eigenvalue weighted by Gasteiger charge is 2.25. The van der Waals surface area contributed by atoms with Crippen molar-refractivity contribution in [1.29, 1.82) is 0 Å². The van der Waals surface area contributed by atoms with Gasteiger partial charge in [0.15, 0.2) is 0 Å². The van der Waals surface area contributed by atoms with E-state index < -0.39 is 0 Å². The summed E-state index contributed by atoms with van der Waals surface area (Å²) >= 11 is 4.50. The highest BCUT2D eigenvalue weighted by molar-refractivity contribution is 7.80. The number of nitrogens with one attached hydrogen (secondary N) is 2. The lowest BCUT2D eigenvalue weighted by Crippen LogP contribution is -2.17. The van der Waals surface area contributed by atoms with Gasteiger partial charge < -0.3 is 10.6 Å². The second-order valence-corrected chi connectivity index (χ2v) is 5.13. The number of carbonyl (C=O) groups excluding carboxylic acids is 1. The molecule has 3 nitrogen and oxygen atoms in total. The molecule has 0 spiro atoms. The average Bonchev–Trinajstić information content (AvgIpc) is 2.67. The Labute approximate surface area is 107 Å². The Kier molecular flexibility index (Phi) is 3.74. The summed E-state index contributed by atoms with van der Waals surface area (Å²) in [5.41, 5.74) is 2.01. The standard InChI is InChI=1S/C13H18N2OS/c1-8-5-6-14-13(8)11-7-10(15-9(2)16)3-4-12(11)17/h3-4,7-8,13-14,17H,5-6H2,1-2H3,(H,15,16)/t8-,13-/m0/s1. The first-order valence-electron chi connectivity index (χ1n) is 5.92. The smallest absolute Gasteiger partial charge is 0.221 e. The van der Waals surface area contributed by atoms with Crippen molar-refractivity contribution in [3.8, 4) is 0 Å². The van der Waals surface area contributed by atoms with Crippen molar-refractivity contribution >= 4 is 24.2 Å². The Morgan fingerprint density at radius 1 is 1.53 bits per heavy atom. The van der Waals surface area contributed by atoms with E-state index >= 15 is 0 Å². The molecule has 1 aromatic rings. The normalized spacial score (nSPS) is 23.7. The first-order chi connectivity index (χ1) is 8.08. The van der Waals surface area contributed by atoms with Gasteiger partial charge in [0.2, 0.25) is 5.91 Å². The number of hydrogen-bond donors (Lipinski definition) is 3. The summed E-state index contributed by atoms with van der Waals surface area (Å²) in [6, 6.07) is 6.18. The molecule has 2 rings (SSSR count). The Bertz CT molecular complexity index is 433. The maximum atomic E-state index is 11.0. The van der Waals surface area contributed by atoms with Crippen molar-refractivity contribution in [1.82, 2.24) is 5.32 Å². The maximum absolute atomic E-state index is 11.0. The van der Waals surface area contributed by atoms with Crippen molar-refractivity contribution in [2.45, 2.75) is 31.2 Å². The van der Waals surface area contributed by atoms with Crippen LogP contribution in [0.3, 0.4) is 0 Å². The van der Waals surface area contributed by atoms with Gasteiger partial charge in [-0.25, -0.2) is 0 Å². The van der Waals surface area contributed by atoms with E-state index in [-0.39, 0.29) is 5.91 Å². The van der Waals surface area contributed by atoms with Gasteiger partial charge in [0.25, 0.3) is 0 Å². The topological polar surface area (TPSA) is 41.1 Å². The molecular weight excluding hydrogens is 232 g/mol. The van der Waals surface area contributed by atoms with Crippen LogP contribution in [0.4, 0.5) is 5.69 Å². The van der Waals surface area contributed by atoms with Gasteiger partial charge in [0.05, 0.1) is 0 Å². The molecule has 1 aromatic carbocycles. The molecule has 0 radical (unpaired) electrons. The van der Waals surface area contributed by atoms with Crippen molar-refractivity contribution < 1.29 is 4.79 Å². The molecule has 1 fully saturated rings. The number of amides is 1. The molecule has 1 aliphatic heterocycles. The first kappa shape index (κ1) is 12.5. The summed E-state index contributed by atoms with van der Waals surface area (Å²) in [5, 5.41) is 6.29. The minimum Gasteiger partial charge on any atom is -0.326 e. The van der Waals surface area contributed by atoms with Crippen LogP contribution in [0.5, 0.6) is 0 Å². The van der Waals surface area contributed by atoms with Crippen LogP contribution >= 0.6 is 12.6 Å². The van der Waals surface area contributed by atoms with Crippen molar-refractivity contribution in [3.05, 3.63) is 23.8 Å². The second-order valence-electron chi connectivity index (χ2n) is 4.65. The molecule has 2 N–H and O–H groups in total. The number of anilines is 1. The molecule has 0 unspecified atom stereocenters. The fourth-order valence-electron chi connectivity index (χ4n) is 2.34. The zero-order chi connectivity index (χ0) is 12.4. The lowest BCUT2D eigenvalue weighted by Gasteiger charge is -2.19. The Hall–Kier alpha value is -1.00. The van der Waals surface area contributed by atoms with Gasteiger partial charge >= 0.3 is 0 Å². The third-order valence-electron chi connectivity index (χ3n) is 3.22. The molecular formula is C13H18N2OS. The molecule has 1 saturated heterocycles. The van der Waals surface area contributed by atoms with Crippen molar-refractivity contribution in [2.24, 2.45) is 5.92 Å². The molecule has 0 aromatic heterocycles. The summed E-state index contributed by atoms with van der Waals surface area (Å²) in [7, 11) is 0. The third-order valence-corrected chi connectivity index (χ3v) is 3.62. The predicted molar refractivity (Wildman–Crippen MR) is 72.5 cm³/mol. The molecule has 17 heavy (non-hydrogen) atoms. The Morgan fingerprint density at radius 2 is 2.29 bits per heavy atom. The Morgan fingerprint density at radius 3 is 2.88 bits per heavy atom. The lowest BCUT2D eigenvalue weighted by atomic mass is 9.95. The zero-order valence-corrected chi connectivity index (χ0v) is 11.1. The van der Waals surface area contributed by atoms with E-state index in [9.17, 15) is 4.79 Å². The third kappa shape index (κ3) is 2.82.